The number of aryl methyl sites for hydroxylation is 2. The Morgan fingerprint density at radius 1 is 1.04 bits per heavy atom. The Kier molecular flexibility index (Phi) is 4.73. The van der Waals surface area contributed by atoms with E-state index in [4.69, 9.17) is 0 Å². The van der Waals surface area contributed by atoms with E-state index in [0.29, 0.717) is 25.6 Å². The zero-order valence-electron chi connectivity index (χ0n) is 16.0. The van der Waals surface area contributed by atoms with Crippen molar-refractivity contribution in [3.63, 3.8) is 0 Å². The van der Waals surface area contributed by atoms with Crippen LogP contribution in [0, 0.1) is 19.8 Å². The van der Waals surface area contributed by atoms with Crippen LogP contribution >= 0.6 is 0 Å². The number of carbonyl (C=O) groups excluding carboxylic acids is 2. The average molecular weight is 362 g/mol. The number of anilines is 1. The molecule has 2 amide bonds. The van der Waals surface area contributed by atoms with Crippen LogP contribution in [0.25, 0.3) is 0 Å². The topological polar surface area (TPSA) is 40.6 Å². The summed E-state index contributed by atoms with van der Waals surface area (Å²) in [4.78, 5) is 30.0. The highest BCUT2D eigenvalue weighted by Gasteiger charge is 2.43. The smallest absolute Gasteiger partial charge is 0.239 e. The van der Waals surface area contributed by atoms with E-state index in [1.807, 2.05) is 53.4 Å². The molecule has 2 fully saturated rings. The van der Waals surface area contributed by atoms with Gasteiger partial charge in [0.1, 0.15) is 5.92 Å². The molecule has 0 aromatic heterocycles. The van der Waals surface area contributed by atoms with Gasteiger partial charge in [-0.15, -0.1) is 0 Å². The number of nitrogens with zero attached hydrogens (tertiary/aromatic N) is 2. The molecule has 4 heteroatoms. The Morgan fingerprint density at radius 2 is 1.78 bits per heavy atom. The molecule has 0 bridgehead atoms. The van der Waals surface area contributed by atoms with Crippen molar-refractivity contribution in [3.05, 3.63) is 65.2 Å². The van der Waals surface area contributed by atoms with Crippen LogP contribution in [0.15, 0.2) is 48.5 Å². The molecule has 1 aliphatic carbocycles. The summed E-state index contributed by atoms with van der Waals surface area (Å²) in [6.07, 6.45) is 2.68. The van der Waals surface area contributed by atoms with E-state index in [0.717, 1.165) is 24.1 Å². The molecule has 1 saturated heterocycles. The van der Waals surface area contributed by atoms with Gasteiger partial charge >= 0.3 is 0 Å². The number of rotatable bonds is 5. The highest BCUT2D eigenvalue weighted by atomic mass is 16.2. The quantitative estimate of drug-likeness (QED) is 0.758. The van der Waals surface area contributed by atoms with Gasteiger partial charge in [-0.1, -0.05) is 36.4 Å². The first kappa shape index (κ1) is 17.8. The van der Waals surface area contributed by atoms with Crippen LogP contribution in [-0.4, -0.2) is 29.3 Å². The minimum absolute atomic E-state index is 0.00214. The van der Waals surface area contributed by atoms with Gasteiger partial charge in [0.25, 0.3) is 0 Å². The molecule has 4 rings (SSSR count). The fraction of sp³-hybridized carbons (Fsp3) is 0.391. The fourth-order valence-corrected chi connectivity index (χ4v) is 3.81. The lowest BCUT2D eigenvalue weighted by molar-refractivity contribution is -0.140. The summed E-state index contributed by atoms with van der Waals surface area (Å²) in [5.41, 5.74) is 4.40. The Bertz CT molecular complexity index is 858. The number of carbonyl (C=O) groups is 2. The Hall–Kier alpha value is -2.62. The molecule has 27 heavy (non-hydrogen) atoms. The number of benzene rings is 2. The van der Waals surface area contributed by atoms with E-state index in [9.17, 15) is 9.59 Å². The third-order valence-corrected chi connectivity index (χ3v) is 5.77. The van der Waals surface area contributed by atoms with Gasteiger partial charge in [-0.25, -0.2) is 0 Å². The first-order chi connectivity index (χ1) is 13.0. The summed E-state index contributed by atoms with van der Waals surface area (Å²) in [7, 11) is 0. The summed E-state index contributed by atoms with van der Waals surface area (Å²) in [5.74, 6) is -0.601. The van der Waals surface area contributed by atoms with Gasteiger partial charge in [-0.2, -0.15) is 0 Å². The lowest BCUT2D eigenvalue weighted by atomic mass is 10.1. The second kappa shape index (κ2) is 7.18. The molecule has 1 atom stereocenters. The van der Waals surface area contributed by atoms with E-state index in [1.54, 1.807) is 4.90 Å². The van der Waals surface area contributed by atoms with Crippen LogP contribution < -0.4 is 4.90 Å². The maximum atomic E-state index is 13.2. The summed E-state index contributed by atoms with van der Waals surface area (Å²) < 4.78 is 0. The summed E-state index contributed by atoms with van der Waals surface area (Å²) in [5, 5.41) is 0. The Morgan fingerprint density at radius 3 is 2.44 bits per heavy atom. The predicted molar refractivity (Wildman–Crippen MR) is 106 cm³/mol. The van der Waals surface area contributed by atoms with E-state index in [1.165, 1.54) is 11.1 Å². The molecule has 0 radical (unpaired) electrons. The fourth-order valence-electron chi connectivity index (χ4n) is 3.81. The molecular formula is C23H26N2O2. The Labute approximate surface area is 160 Å². The number of hydrogen-bond donors (Lipinski definition) is 0. The highest BCUT2D eigenvalue weighted by molar-refractivity contribution is 6.09. The average Bonchev–Trinajstić information content (AvgIpc) is 3.44. The largest absolute Gasteiger partial charge is 0.335 e. The van der Waals surface area contributed by atoms with E-state index in [2.05, 4.69) is 13.8 Å². The van der Waals surface area contributed by atoms with E-state index < -0.39 is 5.92 Å². The molecule has 1 heterocycles. The van der Waals surface area contributed by atoms with Crippen LogP contribution in [0.5, 0.6) is 0 Å². The van der Waals surface area contributed by atoms with Gasteiger partial charge in [0.15, 0.2) is 0 Å². The van der Waals surface area contributed by atoms with Crippen molar-refractivity contribution in [3.8, 4) is 0 Å². The van der Waals surface area contributed by atoms with Gasteiger partial charge in [0, 0.05) is 24.8 Å². The Balaban J connectivity index is 1.51. The van der Waals surface area contributed by atoms with Crippen LogP contribution in [0.3, 0.4) is 0 Å². The molecule has 2 aliphatic rings. The summed E-state index contributed by atoms with van der Waals surface area (Å²) in [6, 6.07) is 16.4. The second-order valence-electron chi connectivity index (χ2n) is 7.78. The van der Waals surface area contributed by atoms with Crippen molar-refractivity contribution in [1.82, 2.24) is 4.90 Å². The molecule has 140 valence electrons. The van der Waals surface area contributed by atoms with Crippen molar-refractivity contribution < 1.29 is 9.59 Å². The minimum Gasteiger partial charge on any atom is -0.335 e. The second-order valence-corrected chi connectivity index (χ2v) is 7.78. The molecule has 1 aliphatic heterocycles. The molecule has 2 aromatic carbocycles. The molecule has 4 nitrogen and oxygen atoms in total. The van der Waals surface area contributed by atoms with Crippen LogP contribution in [0.1, 0.15) is 36.0 Å². The van der Waals surface area contributed by atoms with Crippen LogP contribution in [0.4, 0.5) is 5.69 Å². The lowest BCUT2D eigenvalue weighted by Crippen LogP contribution is -2.41. The molecule has 1 unspecified atom stereocenters. The van der Waals surface area contributed by atoms with Crippen molar-refractivity contribution in [2.45, 2.75) is 45.7 Å². The van der Waals surface area contributed by atoms with Crippen molar-refractivity contribution in [2.75, 3.05) is 11.4 Å². The predicted octanol–water partition coefficient (Wildman–Crippen LogP) is 3.85. The van der Waals surface area contributed by atoms with Crippen molar-refractivity contribution in [2.24, 2.45) is 5.92 Å². The first-order valence-electron chi connectivity index (χ1n) is 9.77. The van der Waals surface area contributed by atoms with Gasteiger partial charge in [-0.3, -0.25) is 9.59 Å². The monoisotopic (exact) mass is 362 g/mol. The number of hydrogen-bond acceptors (Lipinski definition) is 2. The van der Waals surface area contributed by atoms with Gasteiger partial charge in [0.05, 0.1) is 0 Å². The normalized spacial score (nSPS) is 19.4. The molecule has 2 aromatic rings. The van der Waals surface area contributed by atoms with Crippen LogP contribution in [0.2, 0.25) is 0 Å². The minimum atomic E-state index is -0.545. The zero-order chi connectivity index (χ0) is 19.0. The summed E-state index contributed by atoms with van der Waals surface area (Å²) >= 11 is 0. The third kappa shape index (κ3) is 3.61. The van der Waals surface area contributed by atoms with Crippen molar-refractivity contribution >= 4 is 17.5 Å². The van der Waals surface area contributed by atoms with Crippen molar-refractivity contribution in [1.29, 1.82) is 0 Å². The maximum absolute atomic E-state index is 13.2. The van der Waals surface area contributed by atoms with Gasteiger partial charge in [-0.05, 0) is 61.9 Å². The highest BCUT2D eigenvalue weighted by Crippen LogP contribution is 2.33. The zero-order valence-corrected chi connectivity index (χ0v) is 16.0. The summed E-state index contributed by atoms with van der Waals surface area (Å²) in [6.45, 7) is 5.32. The molecular weight excluding hydrogens is 336 g/mol. The molecule has 1 saturated carbocycles. The van der Waals surface area contributed by atoms with E-state index >= 15 is 0 Å². The van der Waals surface area contributed by atoms with Gasteiger partial charge in [0.2, 0.25) is 11.8 Å². The third-order valence-electron chi connectivity index (χ3n) is 5.77. The van der Waals surface area contributed by atoms with Gasteiger partial charge < -0.3 is 9.80 Å². The number of amides is 2. The molecule has 0 spiro atoms. The molecule has 0 N–H and O–H groups in total. The maximum Gasteiger partial charge on any atom is 0.239 e. The standard InChI is InChI=1S/C23H26N2O2/c1-16-8-9-20(14-17(16)2)24-13-12-21(22(24)26)23(27)25(19-10-11-19)15-18-6-4-3-5-7-18/h3-9,14,19,21H,10-13,15H2,1-2H3. The first-order valence-corrected chi connectivity index (χ1v) is 9.77. The van der Waals surface area contributed by atoms with Crippen LogP contribution in [-0.2, 0) is 16.1 Å². The lowest BCUT2D eigenvalue weighted by Gasteiger charge is -2.25. The van der Waals surface area contributed by atoms with E-state index in [-0.39, 0.29) is 11.8 Å². The SMILES string of the molecule is Cc1ccc(N2CCC(C(=O)N(Cc3ccccc3)C3CC3)C2=O)cc1C.